The molecular formula is C21H17Cl2FN2O3. The molecule has 0 fully saturated rings. The van der Waals surface area contributed by atoms with Crippen LogP contribution in [0.2, 0.25) is 10.0 Å². The van der Waals surface area contributed by atoms with Gasteiger partial charge in [0.15, 0.2) is 5.69 Å². The Labute approximate surface area is 177 Å². The molecule has 0 amide bonds. The molecule has 0 saturated heterocycles. The van der Waals surface area contributed by atoms with Gasteiger partial charge < -0.3 is 9.47 Å². The van der Waals surface area contributed by atoms with E-state index < -0.39 is 5.82 Å². The molecule has 0 aliphatic carbocycles. The van der Waals surface area contributed by atoms with E-state index in [4.69, 9.17) is 32.7 Å². The van der Waals surface area contributed by atoms with E-state index in [0.29, 0.717) is 16.5 Å². The average Bonchev–Trinajstić information content (AvgIpc) is 3.03. The zero-order chi connectivity index (χ0) is 21.0. The van der Waals surface area contributed by atoms with Gasteiger partial charge in [-0.1, -0.05) is 35.3 Å². The minimum atomic E-state index is -0.440. The van der Waals surface area contributed by atoms with E-state index in [-0.39, 0.29) is 23.1 Å². The second kappa shape index (κ2) is 9.11. The Hall–Kier alpha value is -2.83. The van der Waals surface area contributed by atoms with Crippen molar-refractivity contribution < 1.29 is 18.7 Å². The van der Waals surface area contributed by atoms with Crippen molar-refractivity contribution in [3.8, 4) is 11.5 Å². The van der Waals surface area contributed by atoms with E-state index in [2.05, 4.69) is 5.10 Å². The number of benzene rings is 2. The Kier molecular flexibility index (Phi) is 6.56. The number of ketones is 1. The van der Waals surface area contributed by atoms with Crippen LogP contribution in [-0.4, -0.2) is 22.7 Å². The Morgan fingerprint density at radius 1 is 1.17 bits per heavy atom. The van der Waals surface area contributed by atoms with E-state index in [1.54, 1.807) is 38.6 Å². The number of halogens is 3. The van der Waals surface area contributed by atoms with Crippen LogP contribution in [0.1, 0.15) is 21.6 Å². The summed E-state index contributed by atoms with van der Waals surface area (Å²) in [6, 6.07) is 9.30. The van der Waals surface area contributed by atoms with Crippen LogP contribution in [0.15, 0.2) is 48.7 Å². The smallest absolute Gasteiger partial charge is 0.207 e. The third-order valence-corrected chi connectivity index (χ3v) is 4.60. The molecule has 8 heteroatoms. The van der Waals surface area contributed by atoms with Gasteiger partial charge in [-0.05, 0) is 42.0 Å². The number of methoxy groups -OCH3 is 1. The molecule has 0 atom stereocenters. The molecule has 3 rings (SSSR count). The summed E-state index contributed by atoms with van der Waals surface area (Å²) in [6.45, 7) is 0.149. The largest absolute Gasteiger partial charge is 0.496 e. The summed E-state index contributed by atoms with van der Waals surface area (Å²) in [7, 11) is 3.24. The second-order valence-electron chi connectivity index (χ2n) is 6.13. The Bertz CT molecular complexity index is 1080. The zero-order valence-electron chi connectivity index (χ0n) is 15.7. The first-order valence-electron chi connectivity index (χ1n) is 8.53. The van der Waals surface area contributed by atoms with Crippen molar-refractivity contribution >= 4 is 35.1 Å². The SMILES string of the molecule is COc1ccc(/C=C/C(=O)c2nn(C)cc2Cl)cc1COc1ccc(F)cc1Cl. The van der Waals surface area contributed by atoms with Crippen LogP contribution in [-0.2, 0) is 13.7 Å². The number of hydrogen-bond donors (Lipinski definition) is 0. The van der Waals surface area contributed by atoms with Crippen LogP contribution in [0.3, 0.4) is 0 Å². The summed E-state index contributed by atoms with van der Waals surface area (Å²) in [5.74, 6) is 0.225. The molecule has 0 radical (unpaired) electrons. The predicted octanol–water partition coefficient (Wildman–Crippen LogP) is 5.35. The number of carbonyl (C=O) groups excluding carboxylic acids is 1. The summed E-state index contributed by atoms with van der Waals surface area (Å²) >= 11 is 12.0. The van der Waals surface area contributed by atoms with Gasteiger partial charge in [-0.25, -0.2) is 4.39 Å². The highest BCUT2D eigenvalue weighted by atomic mass is 35.5. The lowest BCUT2D eigenvalue weighted by Crippen LogP contribution is -2.00. The fourth-order valence-electron chi connectivity index (χ4n) is 2.64. The Morgan fingerprint density at radius 2 is 1.93 bits per heavy atom. The molecule has 1 aromatic heterocycles. The quantitative estimate of drug-likeness (QED) is 0.371. The summed E-state index contributed by atoms with van der Waals surface area (Å²) in [6.07, 6.45) is 4.62. The van der Waals surface area contributed by atoms with Gasteiger partial charge in [0, 0.05) is 18.8 Å². The van der Waals surface area contributed by atoms with Crippen LogP contribution in [0.5, 0.6) is 11.5 Å². The maximum absolute atomic E-state index is 13.2. The van der Waals surface area contributed by atoms with Gasteiger partial charge >= 0.3 is 0 Å². The van der Waals surface area contributed by atoms with Gasteiger partial charge in [0.05, 0.1) is 17.2 Å². The van der Waals surface area contributed by atoms with Crippen molar-refractivity contribution in [1.82, 2.24) is 9.78 Å². The molecular weight excluding hydrogens is 418 g/mol. The standard InChI is InChI=1S/C21H17Cl2FN2O3/c1-26-11-17(23)21(25-26)18(27)6-3-13-4-7-19(28-2)14(9-13)12-29-20-8-5-15(24)10-16(20)22/h3-11H,12H2,1-2H3/b6-3+. The molecule has 0 bridgehead atoms. The number of carbonyl (C=O) groups is 1. The minimum Gasteiger partial charge on any atom is -0.496 e. The number of nitrogens with zero attached hydrogens (tertiary/aromatic N) is 2. The first-order chi connectivity index (χ1) is 13.9. The van der Waals surface area contributed by atoms with Crippen LogP contribution < -0.4 is 9.47 Å². The highest BCUT2D eigenvalue weighted by molar-refractivity contribution is 6.34. The third kappa shape index (κ3) is 5.16. The first kappa shape index (κ1) is 20.9. The van der Waals surface area contributed by atoms with Crippen molar-refractivity contribution in [1.29, 1.82) is 0 Å². The molecule has 5 nitrogen and oxygen atoms in total. The molecule has 0 N–H and O–H groups in total. The fraction of sp³-hybridized carbons (Fsp3) is 0.143. The highest BCUT2D eigenvalue weighted by Crippen LogP contribution is 2.28. The van der Waals surface area contributed by atoms with Gasteiger partial charge in [0.25, 0.3) is 0 Å². The van der Waals surface area contributed by atoms with Crippen molar-refractivity contribution in [3.63, 3.8) is 0 Å². The highest BCUT2D eigenvalue weighted by Gasteiger charge is 2.12. The van der Waals surface area contributed by atoms with Crippen LogP contribution in [0.25, 0.3) is 6.08 Å². The van der Waals surface area contributed by atoms with Gasteiger partial charge in [-0.2, -0.15) is 5.10 Å². The molecule has 2 aromatic carbocycles. The van der Waals surface area contributed by atoms with E-state index in [0.717, 1.165) is 11.1 Å². The van der Waals surface area contributed by atoms with E-state index in [1.807, 2.05) is 6.07 Å². The van der Waals surface area contributed by atoms with Crippen molar-refractivity contribution in [3.05, 3.63) is 81.4 Å². The first-order valence-corrected chi connectivity index (χ1v) is 9.29. The fourth-order valence-corrected chi connectivity index (χ4v) is 3.13. The minimum absolute atomic E-state index is 0.149. The Balaban J connectivity index is 1.77. The second-order valence-corrected chi connectivity index (χ2v) is 6.95. The lowest BCUT2D eigenvalue weighted by molar-refractivity contribution is 0.104. The average molecular weight is 435 g/mol. The van der Waals surface area contributed by atoms with Gasteiger partial charge in [0.2, 0.25) is 5.78 Å². The zero-order valence-corrected chi connectivity index (χ0v) is 17.2. The van der Waals surface area contributed by atoms with Gasteiger partial charge in [-0.15, -0.1) is 0 Å². The Morgan fingerprint density at radius 3 is 2.59 bits per heavy atom. The van der Waals surface area contributed by atoms with Crippen LogP contribution in [0.4, 0.5) is 4.39 Å². The predicted molar refractivity (Wildman–Crippen MR) is 110 cm³/mol. The lowest BCUT2D eigenvalue weighted by atomic mass is 10.1. The maximum Gasteiger partial charge on any atom is 0.207 e. The molecule has 150 valence electrons. The van der Waals surface area contributed by atoms with E-state index in [1.165, 1.54) is 29.0 Å². The molecule has 1 heterocycles. The topological polar surface area (TPSA) is 53.3 Å². The van der Waals surface area contributed by atoms with Crippen molar-refractivity contribution in [2.24, 2.45) is 7.05 Å². The third-order valence-electron chi connectivity index (χ3n) is 4.03. The number of aromatic nitrogens is 2. The molecule has 0 unspecified atom stereocenters. The number of aryl methyl sites for hydroxylation is 1. The van der Waals surface area contributed by atoms with Crippen molar-refractivity contribution in [2.45, 2.75) is 6.61 Å². The van der Waals surface area contributed by atoms with Crippen LogP contribution in [0, 0.1) is 5.82 Å². The normalized spacial score (nSPS) is 11.1. The lowest BCUT2D eigenvalue weighted by Gasteiger charge is -2.12. The van der Waals surface area contributed by atoms with Gasteiger partial charge in [-0.3, -0.25) is 9.48 Å². The van der Waals surface area contributed by atoms with E-state index in [9.17, 15) is 9.18 Å². The van der Waals surface area contributed by atoms with Gasteiger partial charge in [0.1, 0.15) is 23.9 Å². The number of hydrogen-bond acceptors (Lipinski definition) is 4. The number of ether oxygens (including phenoxy) is 2. The molecule has 3 aromatic rings. The molecule has 0 saturated carbocycles. The monoisotopic (exact) mass is 434 g/mol. The summed E-state index contributed by atoms with van der Waals surface area (Å²) in [5.41, 5.74) is 1.68. The summed E-state index contributed by atoms with van der Waals surface area (Å²) < 4.78 is 25.7. The van der Waals surface area contributed by atoms with Crippen LogP contribution >= 0.6 is 23.2 Å². The van der Waals surface area contributed by atoms with Crippen molar-refractivity contribution in [2.75, 3.05) is 7.11 Å². The molecule has 29 heavy (non-hydrogen) atoms. The van der Waals surface area contributed by atoms with E-state index >= 15 is 0 Å². The molecule has 0 aliphatic heterocycles. The molecule has 0 aliphatic rings. The molecule has 0 spiro atoms. The number of allylic oxidation sites excluding steroid dienone is 1. The number of rotatable bonds is 7. The maximum atomic E-state index is 13.2. The summed E-state index contributed by atoms with van der Waals surface area (Å²) in [5, 5.41) is 4.52. The summed E-state index contributed by atoms with van der Waals surface area (Å²) in [4.78, 5) is 12.3.